The van der Waals surface area contributed by atoms with Gasteiger partial charge in [-0.2, -0.15) is 4.68 Å². The molecule has 0 unspecified atom stereocenters. The van der Waals surface area contributed by atoms with Crippen molar-refractivity contribution < 1.29 is 0 Å². The molecule has 3 aromatic heterocycles. The van der Waals surface area contributed by atoms with E-state index in [4.69, 9.17) is 0 Å². The van der Waals surface area contributed by atoms with Crippen LogP contribution in [0.2, 0.25) is 0 Å². The minimum Gasteiger partial charge on any atom is -0.267 e. The molecule has 6 heteroatoms. The maximum atomic E-state index is 13.3. The smallest absolute Gasteiger partial charge is 0.267 e. The highest BCUT2D eigenvalue weighted by atomic mass is 32.1. The Bertz CT molecular complexity index is 1090. The predicted molar refractivity (Wildman–Crippen MR) is 90.6 cm³/mol. The number of nitrogens with zero attached hydrogens (tertiary/aromatic N) is 4. The maximum Gasteiger partial charge on any atom is 0.280 e. The number of fused-ring (bicyclic) bond motifs is 5. The summed E-state index contributed by atoms with van der Waals surface area (Å²) in [5, 5.41) is 5.13. The summed E-state index contributed by atoms with van der Waals surface area (Å²) in [6.45, 7) is 0. The Morgan fingerprint density at radius 2 is 1.91 bits per heavy atom. The summed E-state index contributed by atoms with van der Waals surface area (Å²) >= 11 is 1.72. The number of hydrogen-bond donors (Lipinski definition) is 0. The fourth-order valence-electron chi connectivity index (χ4n) is 3.47. The molecule has 0 radical (unpaired) electrons. The van der Waals surface area contributed by atoms with E-state index >= 15 is 0 Å². The van der Waals surface area contributed by atoms with E-state index in [1.165, 1.54) is 23.2 Å². The molecular formula is C17H14N4OS. The molecule has 114 valence electrons. The van der Waals surface area contributed by atoms with E-state index in [1.807, 2.05) is 30.3 Å². The van der Waals surface area contributed by atoms with Gasteiger partial charge >= 0.3 is 0 Å². The van der Waals surface area contributed by atoms with Crippen molar-refractivity contribution in [2.45, 2.75) is 25.7 Å². The van der Waals surface area contributed by atoms with E-state index in [-0.39, 0.29) is 5.56 Å². The Labute approximate surface area is 135 Å². The molecule has 3 heterocycles. The maximum absolute atomic E-state index is 13.3. The molecule has 4 aromatic rings. The molecule has 5 rings (SSSR count). The van der Waals surface area contributed by atoms with Gasteiger partial charge in [-0.25, -0.2) is 4.98 Å². The molecule has 0 saturated heterocycles. The van der Waals surface area contributed by atoms with Crippen molar-refractivity contribution in [2.75, 3.05) is 0 Å². The molecule has 23 heavy (non-hydrogen) atoms. The highest BCUT2D eigenvalue weighted by Crippen LogP contribution is 2.36. The quantitative estimate of drug-likeness (QED) is 0.541. The number of thiophene rings is 1. The van der Waals surface area contributed by atoms with E-state index in [9.17, 15) is 4.79 Å². The summed E-state index contributed by atoms with van der Waals surface area (Å²) in [7, 11) is 0. The third-order valence-corrected chi connectivity index (χ3v) is 5.79. The molecule has 0 amide bonds. The summed E-state index contributed by atoms with van der Waals surface area (Å²) in [4.78, 5) is 19.0. The summed E-state index contributed by atoms with van der Waals surface area (Å²) in [5.74, 6) is 0. The van der Waals surface area contributed by atoms with E-state index < -0.39 is 0 Å². The van der Waals surface area contributed by atoms with Gasteiger partial charge in [-0.1, -0.05) is 18.2 Å². The second-order valence-corrected chi connectivity index (χ2v) is 6.95. The third kappa shape index (κ3) is 1.75. The lowest BCUT2D eigenvalue weighted by Gasteiger charge is -2.11. The molecule has 0 N–H and O–H groups in total. The van der Waals surface area contributed by atoms with Crippen LogP contribution in [0.15, 0.2) is 41.5 Å². The van der Waals surface area contributed by atoms with Crippen molar-refractivity contribution in [3.05, 3.63) is 57.5 Å². The van der Waals surface area contributed by atoms with E-state index in [2.05, 4.69) is 10.1 Å². The number of aryl methyl sites for hydroxylation is 2. The second-order valence-electron chi connectivity index (χ2n) is 5.84. The van der Waals surface area contributed by atoms with Gasteiger partial charge in [0.1, 0.15) is 6.33 Å². The molecule has 0 aliphatic heterocycles. The first-order valence-corrected chi connectivity index (χ1v) is 8.61. The topological polar surface area (TPSA) is 52.2 Å². The van der Waals surface area contributed by atoms with Gasteiger partial charge in [0.25, 0.3) is 5.56 Å². The van der Waals surface area contributed by atoms with Crippen LogP contribution in [-0.4, -0.2) is 19.4 Å². The Balaban J connectivity index is 1.99. The SMILES string of the molecule is O=c1c2c3c(sc2c2ncnn2n1-c1ccccc1)CCCC3. The molecular weight excluding hydrogens is 308 g/mol. The van der Waals surface area contributed by atoms with Crippen molar-refractivity contribution in [3.8, 4) is 5.69 Å². The lowest BCUT2D eigenvalue weighted by Crippen LogP contribution is -2.25. The Morgan fingerprint density at radius 3 is 2.78 bits per heavy atom. The molecule has 0 saturated carbocycles. The number of rotatable bonds is 1. The van der Waals surface area contributed by atoms with Crippen LogP contribution in [0.25, 0.3) is 21.4 Å². The van der Waals surface area contributed by atoms with Crippen molar-refractivity contribution in [2.24, 2.45) is 0 Å². The largest absolute Gasteiger partial charge is 0.280 e. The van der Waals surface area contributed by atoms with Crippen molar-refractivity contribution in [1.29, 1.82) is 0 Å². The molecule has 1 aliphatic carbocycles. The van der Waals surface area contributed by atoms with E-state index in [0.717, 1.165) is 40.7 Å². The molecule has 5 nitrogen and oxygen atoms in total. The summed E-state index contributed by atoms with van der Waals surface area (Å²) in [6, 6.07) is 9.65. The van der Waals surface area contributed by atoms with Gasteiger partial charge in [-0.15, -0.1) is 21.1 Å². The molecule has 1 aromatic carbocycles. The molecule has 1 aliphatic rings. The van der Waals surface area contributed by atoms with Crippen molar-refractivity contribution in [1.82, 2.24) is 19.4 Å². The molecule has 0 bridgehead atoms. The fraction of sp³-hybridized carbons (Fsp3) is 0.235. The normalized spacial score (nSPS) is 14.4. The van der Waals surface area contributed by atoms with Gasteiger partial charge in [-0.3, -0.25) is 4.79 Å². The summed E-state index contributed by atoms with van der Waals surface area (Å²) in [5.41, 5.74) is 2.81. The first kappa shape index (κ1) is 13.0. The van der Waals surface area contributed by atoms with Gasteiger partial charge in [0.15, 0.2) is 5.65 Å². The zero-order chi connectivity index (χ0) is 15.4. The van der Waals surface area contributed by atoms with Gasteiger partial charge in [-0.05, 0) is 43.4 Å². The lowest BCUT2D eigenvalue weighted by molar-refractivity contribution is 0.671. The summed E-state index contributed by atoms with van der Waals surface area (Å²) in [6.07, 6.45) is 5.94. The molecule has 0 spiro atoms. The van der Waals surface area contributed by atoms with Gasteiger partial charge in [0, 0.05) is 4.88 Å². The number of aromatic nitrogens is 4. The van der Waals surface area contributed by atoms with Gasteiger partial charge in [0.2, 0.25) is 0 Å². The lowest BCUT2D eigenvalue weighted by atomic mass is 9.97. The minimum atomic E-state index is 0.00333. The zero-order valence-electron chi connectivity index (χ0n) is 12.4. The van der Waals surface area contributed by atoms with Crippen LogP contribution in [0.3, 0.4) is 0 Å². The average Bonchev–Trinajstić information content (AvgIpc) is 3.20. The first-order valence-electron chi connectivity index (χ1n) is 7.79. The fourth-order valence-corrected chi connectivity index (χ4v) is 4.83. The Morgan fingerprint density at radius 1 is 1.09 bits per heavy atom. The van der Waals surface area contributed by atoms with Crippen LogP contribution in [0.5, 0.6) is 0 Å². The van der Waals surface area contributed by atoms with E-state index in [1.54, 1.807) is 20.6 Å². The Kier molecular flexibility index (Phi) is 2.69. The predicted octanol–water partition coefficient (Wildman–Crippen LogP) is 2.97. The van der Waals surface area contributed by atoms with Crippen LogP contribution >= 0.6 is 11.3 Å². The zero-order valence-corrected chi connectivity index (χ0v) is 13.2. The third-order valence-electron chi connectivity index (χ3n) is 4.50. The van der Waals surface area contributed by atoms with E-state index in [0.29, 0.717) is 0 Å². The van der Waals surface area contributed by atoms with Crippen molar-refractivity contribution in [3.63, 3.8) is 0 Å². The molecule has 0 fully saturated rings. The van der Waals surface area contributed by atoms with Gasteiger partial charge < -0.3 is 0 Å². The van der Waals surface area contributed by atoms with Crippen LogP contribution in [-0.2, 0) is 12.8 Å². The van der Waals surface area contributed by atoms with Crippen molar-refractivity contribution >= 4 is 27.1 Å². The van der Waals surface area contributed by atoms with Gasteiger partial charge in [0.05, 0.1) is 15.8 Å². The van der Waals surface area contributed by atoms with Crippen LogP contribution in [0.4, 0.5) is 0 Å². The van der Waals surface area contributed by atoms with Crippen LogP contribution in [0.1, 0.15) is 23.3 Å². The van der Waals surface area contributed by atoms with Crippen LogP contribution < -0.4 is 5.56 Å². The van der Waals surface area contributed by atoms with Crippen LogP contribution in [0, 0.1) is 0 Å². The number of para-hydroxylation sites is 1. The minimum absolute atomic E-state index is 0.00333. The number of hydrogen-bond acceptors (Lipinski definition) is 4. The monoisotopic (exact) mass is 322 g/mol. The summed E-state index contributed by atoms with van der Waals surface area (Å²) < 4.78 is 4.24. The average molecular weight is 322 g/mol. The second kappa shape index (κ2) is 4.76. The highest BCUT2D eigenvalue weighted by Gasteiger charge is 2.23. The highest BCUT2D eigenvalue weighted by molar-refractivity contribution is 7.20. The molecule has 0 atom stereocenters. The number of benzene rings is 1. The Hall–Kier alpha value is -2.47. The standard InChI is InChI=1S/C17H14N4OS/c22-17-14-12-8-4-5-9-13(12)23-15(14)16-18-10-19-21(16)20(17)11-6-2-1-3-7-11/h1-3,6-7,10H,4-5,8-9H2. The first-order chi connectivity index (χ1) is 11.3.